The van der Waals surface area contributed by atoms with E-state index in [0.29, 0.717) is 5.75 Å². The van der Waals surface area contributed by atoms with Crippen LogP contribution in [0.5, 0.6) is 0 Å². The predicted octanol–water partition coefficient (Wildman–Crippen LogP) is 1.14. The molecule has 134 valence electrons. The van der Waals surface area contributed by atoms with Crippen molar-refractivity contribution in [2.24, 2.45) is 5.92 Å². The molecule has 0 bridgehead atoms. The molecule has 1 aliphatic heterocycles. The van der Waals surface area contributed by atoms with Gasteiger partial charge < -0.3 is 18.9 Å². The molecule has 0 aromatic rings. The van der Waals surface area contributed by atoms with Gasteiger partial charge in [0.05, 0.1) is 11.9 Å². The first-order valence-electron chi connectivity index (χ1n) is 7.44. The Morgan fingerprint density at radius 3 is 2.17 bits per heavy atom. The Hall–Kier alpha value is -1.72. The highest BCUT2D eigenvalue weighted by Crippen LogP contribution is 2.35. The molecule has 1 aliphatic rings. The molecule has 1 saturated heterocycles. The van der Waals surface area contributed by atoms with Crippen molar-refractivity contribution in [3.63, 3.8) is 0 Å². The van der Waals surface area contributed by atoms with Gasteiger partial charge >= 0.3 is 17.9 Å². The van der Waals surface area contributed by atoms with E-state index < -0.39 is 41.7 Å². The second-order valence-electron chi connectivity index (χ2n) is 5.37. The van der Waals surface area contributed by atoms with Crippen LogP contribution in [0.1, 0.15) is 27.7 Å². The fourth-order valence-corrected chi connectivity index (χ4v) is 3.26. The summed E-state index contributed by atoms with van der Waals surface area (Å²) in [7, 11) is 0. The Bertz CT molecular complexity index is 513. The molecule has 1 heterocycles. The molecule has 0 aromatic heterocycles. The Morgan fingerprint density at radius 2 is 1.67 bits per heavy atom. The van der Waals surface area contributed by atoms with Crippen molar-refractivity contribution >= 4 is 29.7 Å². The van der Waals surface area contributed by atoms with Crippen LogP contribution in [-0.4, -0.2) is 54.0 Å². The number of esters is 3. The van der Waals surface area contributed by atoms with Gasteiger partial charge in [0.1, 0.15) is 18.1 Å². The third-order valence-corrected chi connectivity index (χ3v) is 4.43. The maximum absolute atomic E-state index is 11.5. The second-order valence-corrected chi connectivity index (χ2v) is 6.45. The molecular weight excluding hydrogens is 336 g/mol. The summed E-state index contributed by atoms with van der Waals surface area (Å²) < 4.78 is 21.6. The predicted molar refractivity (Wildman–Crippen MR) is 86.9 cm³/mol. The maximum Gasteiger partial charge on any atom is 0.303 e. The lowest BCUT2D eigenvalue weighted by Gasteiger charge is -2.43. The number of hydrogen-bond acceptors (Lipinski definition) is 8. The molecule has 5 atom stereocenters. The van der Waals surface area contributed by atoms with Crippen LogP contribution in [0.3, 0.4) is 0 Å². The van der Waals surface area contributed by atoms with E-state index in [1.165, 1.54) is 32.5 Å². The van der Waals surface area contributed by atoms with E-state index in [9.17, 15) is 14.4 Å². The highest BCUT2D eigenvalue weighted by atomic mass is 32.2. The number of rotatable bonds is 6. The largest absolute Gasteiger partial charge is 0.463 e. The van der Waals surface area contributed by atoms with Crippen molar-refractivity contribution < 1.29 is 33.3 Å². The first kappa shape index (κ1) is 20.3. The van der Waals surface area contributed by atoms with Crippen LogP contribution >= 0.6 is 11.8 Å². The van der Waals surface area contributed by atoms with Gasteiger partial charge in [-0.05, 0) is 0 Å². The van der Waals surface area contributed by atoms with Gasteiger partial charge in [0.2, 0.25) is 0 Å². The topological polar surface area (TPSA) is 88.1 Å². The highest BCUT2D eigenvalue weighted by Gasteiger charge is 2.48. The zero-order valence-corrected chi connectivity index (χ0v) is 15.0. The van der Waals surface area contributed by atoms with Crippen molar-refractivity contribution in [3.05, 3.63) is 0 Å². The first-order chi connectivity index (χ1) is 11.3. The minimum absolute atomic E-state index is 0.00810. The fraction of sp³-hybridized carbons (Fsp3) is 0.688. The average Bonchev–Trinajstić information content (AvgIpc) is 2.48. The molecule has 0 aromatic carbocycles. The SMILES string of the molecule is C#CCS[C@H]1OC(COC(C)=O)[C@H](C)C(OC(C)=O)C1OC(C)=O. The van der Waals surface area contributed by atoms with Crippen LogP contribution in [0.15, 0.2) is 0 Å². The monoisotopic (exact) mass is 358 g/mol. The Morgan fingerprint density at radius 1 is 1.08 bits per heavy atom. The van der Waals surface area contributed by atoms with Gasteiger partial charge in [-0.1, -0.05) is 12.8 Å². The van der Waals surface area contributed by atoms with Crippen LogP contribution in [-0.2, 0) is 33.3 Å². The van der Waals surface area contributed by atoms with Crippen molar-refractivity contribution in [3.8, 4) is 12.3 Å². The maximum atomic E-state index is 11.5. The molecule has 24 heavy (non-hydrogen) atoms. The molecule has 0 amide bonds. The number of carbonyl (C=O) groups excluding carboxylic acids is 3. The van der Waals surface area contributed by atoms with E-state index in [0.717, 1.165) is 0 Å². The number of terminal acetylenes is 1. The van der Waals surface area contributed by atoms with E-state index in [2.05, 4.69) is 5.92 Å². The second kappa shape index (κ2) is 9.55. The number of thioether (sulfide) groups is 1. The third-order valence-electron chi connectivity index (χ3n) is 3.39. The Kier molecular flexibility index (Phi) is 8.08. The molecular formula is C16H22O7S. The van der Waals surface area contributed by atoms with Gasteiger partial charge in [0.15, 0.2) is 6.10 Å². The number of hydrogen-bond donors (Lipinski definition) is 0. The van der Waals surface area contributed by atoms with E-state index in [4.69, 9.17) is 25.4 Å². The molecule has 3 unspecified atom stereocenters. The van der Waals surface area contributed by atoms with E-state index in [-0.39, 0.29) is 12.5 Å². The standard InChI is InChI=1S/C16H22O7S/c1-6-7-24-16-15(22-12(5)19)14(21-11(4)18)9(2)13(23-16)8-20-10(3)17/h1,9,13-16H,7-8H2,2-5H3/t9-,13?,14?,15?,16+/m0/s1. The van der Waals surface area contributed by atoms with Gasteiger partial charge in [-0.2, -0.15) is 0 Å². The lowest BCUT2D eigenvalue weighted by molar-refractivity contribution is -0.213. The van der Waals surface area contributed by atoms with Crippen LogP contribution in [0.4, 0.5) is 0 Å². The average molecular weight is 358 g/mol. The number of ether oxygens (including phenoxy) is 4. The van der Waals surface area contributed by atoms with Gasteiger partial charge in [0, 0.05) is 26.7 Å². The lowest BCUT2D eigenvalue weighted by Crippen LogP contribution is -2.56. The zero-order valence-electron chi connectivity index (χ0n) is 14.1. The van der Waals surface area contributed by atoms with Crippen molar-refractivity contribution in [2.45, 2.75) is 51.4 Å². The summed E-state index contributed by atoms with van der Waals surface area (Å²) in [5.41, 5.74) is -0.633. The molecule has 0 aliphatic carbocycles. The zero-order chi connectivity index (χ0) is 18.3. The van der Waals surface area contributed by atoms with Gasteiger partial charge in [-0.25, -0.2) is 0 Å². The van der Waals surface area contributed by atoms with Crippen molar-refractivity contribution in [1.82, 2.24) is 0 Å². The first-order valence-corrected chi connectivity index (χ1v) is 8.49. The smallest absolute Gasteiger partial charge is 0.303 e. The minimum atomic E-state index is -0.798. The molecule has 0 saturated carbocycles. The van der Waals surface area contributed by atoms with Crippen molar-refractivity contribution in [1.29, 1.82) is 0 Å². The number of carbonyl (C=O) groups is 3. The quantitative estimate of drug-likeness (QED) is 0.397. The van der Waals surface area contributed by atoms with Crippen LogP contribution < -0.4 is 0 Å². The Balaban J connectivity index is 3.02. The van der Waals surface area contributed by atoms with E-state index >= 15 is 0 Å². The summed E-state index contributed by atoms with van der Waals surface area (Å²) in [5, 5.41) is 0. The molecule has 8 heteroatoms. The molecule has 1 fully saturated rings. The van der Waals surface area contributed by atoms with E-state index in [1.807, 2.05) is 0 Å². The summed E-state index contributed by atoms with van der Waals surface area (Å²) in [5.74, 6) is 0.988. The molecule has 0 spiro atoms. The fourth-order valence-electron chi connectivity index (χ4n) is 2.37. The van der Waals surface area contributed by atoms with Crippen molar-refractivity contribution in [2.75, 3.05) is 12.4 Å². The minimum Gasteiger partial charge on any atom is -0.463 e. The molecule has 1 rings (SSSR count). The third kappa shape index (κ3) is 6.06. The summed E-state index contributed by atoms with van der Waals surface area (Å²) in [6.45, 7) is 5.62. The normalized spacial score (nSPS) is 29.2. The van der Waals surface area contributed by atoms with Crippen LogP contribution in [0.25, 0.3) is 0 Å². The Labute approximate surface area is 145 Å². The van der Waals surface area contributed by atoms with Gasteiger partial charge in [-0.3, -0.25) is 14.4 Å². The lowest BCUT2D eigenvalue weighted by atomic mass is 9.91. The summed E-state index contributed by atoms with van der Waals surface area (Å²) in [6, 6.07) is 0. The molecule has 0 N–H and O–H groups in total. The van der Waals surface area contributed by atoms with Crippen LogP contribution in [0, 0.1) is 18.3 Å². The van der Waals surface area contributed by atoms with Gasteiger partial charge in [0.25, 0.3) is 0 Å². The summed E-state index contributed by atoms with van der Waals surface area (Å²) >= 11 is 1.25. The van der Waals surface area contributed by atoms with Gasteiger partial charge in [-0.15, -0.1) is 18.2 Å². The molecule has 0 radical (unpaired) electrons. The highest BCUT2D eigenvalue weighted by molar-refractivity contribution is 8.00. The summed E-state index contributed by atoms with van der Waals surface area (Å²) in [6.07, 6.45) is 3.24. The van der Waals surface area contributed by atoms with Crippen LogP contribution in [0.2, 0.25) is 0 Å². The van der Waals surface area contributed by atoms with E-state index in [1.54, 1.807) is 6.92 Å². The summed E-state index contributed by atoms with van der Waals surface area (Å²) in [4.78, 5) is 33.9. The molecule has 7 nitrogen and oxygen atoms in total.